The van der Waals surface area contributed by atoms with Crippen molar-refractivity contribution in [1.82, 2.24) is 0 Å². The molecule has 0 saturated heterocycles. The summed E-state index contributed by atoms with van der Waals surface area (Å²) >= 11 is 35.4. The molecule has 8 heteroatoms. The van der Waals surface area contributed by atoms with Crippen molar-refractivity contribution in [2.75, 3.05) is 0 Å². The van der Waals surface area contributed by atoms with Crippen LogP contribution in [-0.2, 0) is 0 Å². The van der Waals surface area contributed by atoms with Crippen molar-refractivity contribution in [2.45, 2.75) is 19.3 Å². The molecule has 1 rings (SSSR count). The molecule has 0 spiro atoms. The van der Waals surface area contributed by atoms with Crippen molar-refractivity contribution < 1.29 is 0 Å². The number of halogens is 6. The monoisotopic (exact) mass is 332 g/mol. The van der Waals surface area contributed by atoms with Gasteiger partial charge in [-0.2, -0.15) is 0 Å². The van der Waals surface area contributed by atoms with E-state index in [4.69, 9.17) is 66.5 Å². The van der Waals surface area contributed by atoms with Crippen molar-refractivity contribution in [2.24, 2.45) is 0 Å². The van der Waals surface area contributed by atoms with Crippen LogP contribution in [0.2, 0.25) is 0 Å². The Balaban J connectivity index is 3.04. The molecular weight excluding hydrogens is 329 g/mol. The molecule has 1 aliphatic carbocycles. The normalized spacial score (nSPS) is 19.8. The molecule has 13 heavy (non-hydrogen) atoms. The molecule has 0 aromatic carbocycles. The molecule has 0 heterocycles. The second kappa shape index (κ2) is 4.42. The Morgan fingerprint density at radius 2 is 1.00 bits per heavy atom. The van der Waals surface area contributed by atoms with Crippen molar-refractivity contribution in [3.05, 3.63) is 10.4 Å². The first-order valence-corrected chi connectivity index (χ1v) is 13.7. The molecule has 0 saturated carbocycles. The van der Waals surface area contributed by atoms with E-state index >= 15 is 0 Å². The first kappa shape index (κ1) is 13.0. The van der Waals surface area contributed by atoms with Crippen LogP contribution in [0.4, 0.5) is 0 Å². The molecule has 0 N–H and O–H groups in total. The van der Waals surface area contributed by atoms with Gasteiger partial charge in [-0.3, -0.25) is 0 Å². The van der Waals surface area contributed by atoms with Gasteiger partial charge in [-0.05, 0) is 29.7 Å². The summed E-state index contributed by atoms with van der Waals surface area (Å²) in [4.78, 5) is 0. The summed E-state index contributed by atoms with van der Waals surface area (Å²) in [7, 11) is 0. The van der Waals surface area contributed by atoms with Gasteiger partial charge in [-0.15, -0.1) is 66.5 Å². The zero-order chi connectivity index (χ0) is 10.3. The Morgan fingerprint density at radius 3 is 1.23 bits per heavy atom. The van der Waals surface area contributed by atoms with Gasteiger partial charge in [0.05, 0.1) is 0 Å². The van der Waals surface area contributed by atoms with Gasteiger partial charge in [0.25, 0.3) is 0 Å². The number of hydrogen-bond acceptors (Lipinski definition) is 0. The number of allylic oxidation sites excluding steroid dienone is 2. The Labute approximate surface area is 107 Å². The minimum absolute atomic E-state index is 0.777. The third-order valence-electron chi connectivity index (χ3n) is 1.90. The molecule has 0 aromatic heterocycles. The standard InChI is InChI=1S/C5H6Cl6Si2/c6-12(7,8)4-2-1-3-5(4)13(9,10)11/h1-3H2. The molecule has 0 radical (unpaired) electrons. The second-order valence-corrected chi connectivity index (χ2v) is 19.7. The maximum Gasteiger partial charge on any atom is 0.368 e. The highest BCUT2D eigenvalue weighted by molar-refractivity contribution is 7.70. The summed E-state index contributed by atoms with van der Waals surface area (Å²) < 4.78 is 0. The number of rotatable bonds is 2. The van der Waals surface area contributed by atoms with Crippen LogP contribution >= 0.6 is 66.5 Å². The molecule has 0 unspecified atom stereocenters. The summed E-state index contributed by atoms with van der Waals surface area (Å²) in [6.07, 6.45) is 2.49. The fraction of sp³-hybridized carbons (Fsp3) is 0.600. The minimum Gasteiger partial charge on any atom is -0.121 e. The summed E-state index contributed by atoms with van der Waals surface area (Å²) in [6.45, 7) is 0. The highest BCUT2D eigenvalue weighted by atomic mass is 35.8. The van der Waals surface area contributed by atoms with E-state index in [1.165, 1.54) is 0 Å². The Bertz CT molecular complexity index is 212. The minimum atomic E-state index is -2.82. The van der Waals surface area contributed by atoms with E-state index in [0.29, 0.717) is 0 Å². The van der Waals surface area contributed by atoms with Crippen LogP contribution in [0.1, 0.15) is 19.3 Å². The summed E-state index contributed by atoms with van der Waals surface area (Å²) in [6, 6.07) is -5.64. The molecule has 0 fully saturated rings. The van der Waals surface area contributed by atoms with Gasteiger partial charge < -0.3 is 0 Å². The van der Waals surface area contributed by atoms with Crippen molar-refractivity contribution in [3.8, 4) is 0 Å². The predicted octanol–water partition coefficient (Wildman–Crippen LogP) is 4.86. The zero-order valence-electron chi connectivity index (χ0n) is 6.39. The summed E-state index contributed by atoms with van der Waals surface area (Å²) in [5, 5.41) is 1.65. The van der Waals surface area contributed by atoms with E-state index in [1.807, 2.05) is 0 Å². The molecule has 0 amide bonds. The Morgan fingerprint density at radius 1 is 0.692 bits per heavy atom. The van der Waals surface area contributed by atoms with E-state index < -0.39 is 12.0 Å². The van der Waals surface area contributed by atoms with Gasteiger partial charge in [-0.25, -0.2) is 0 Å². The van der Waals surface area contributed by atoms with E-state index in [2.05, 4.69) is 0 Å². The van der Waals surface area contributed by atoms with Crippen LogP contribution in [0.25, 0.3) is 0 Å². The van der Waals surface area contributed by atoms with Crippen LogP contribution in [0.3, 0.4) is 0 Å². The molecule has 0 aromatic rings. The van der Waals surface area contributed by atoms with E-state index in [9.17, 15) is 0 Å². The lowest BCUT2D eigenvalue weighted by Crippen LogP contribution is -2.22. The average Bonchev–Trinajstić information content (AvgIpc) is 2.27. The maximum absolute atomic E-state index is 5.90. The molecular formula is C5H6Cl6Si2. The van der Waals surface area contributed by atoms with Crippen molar-refractivity contribution in [1.29, 1.82) is 0 Å². The number of hydrogen-bond donors (Lipinski definition) is 0. The van der Waals surface area contributed by atoms with Crippen LogP contribution in [0.5, 0.6) is 0 Å². The Kier molecular flexibility index (Phi) is 4.41. The first-order chi connectivity index (χ1) is 5.73. The fourth-order valence-corrected chi connectivity index (χ4v) is 9.53. The zero-order valence-corrected chi connectivity index (χ0v) is 12.9. The topological polar surface area (TPSA) is 0 Å². The third kappa shape index (κ3) is 3.45. The fourth-order valence-electron chi connectivity index (χ4n) is 1.37. The molecule has 0 atom stereocenters. The van der Waals surface area contributed by atoms with Crippen LogP contribution in [-0.4, -0.2) is 12.0 Å². The largest absolute Gasteiger partial charge is 0.368 e. The van der Waals surface area contributed by atoms with Gasteiger partial charge in [0, 0.05) is 0 Å². The van der Waals surface area contributed by atoms with Gasteiger partial charge in [0.15, 0.2) is 0 Å². The van der Waals surface area contributed by atoms with Gasteiger partial charge in [0.2, 0.25) is 0 Å². The quantitative estimate of drug-likeness (QED) is 0.500. The van der Waals surface area contributed by atoms with E-state index in [0.717, 1.165) is 29.7 Å². The molecule has 1 aliphatic rings. The Hall–Kier alpha value is 1.91. The van der Waals surface area contributed by atoms with Crippen molar-refractivity contribution >= 4 is 78.5 Å². The van der Waals surface area contributed by atoms with E-state index in [-0.39, 0.29) is 0 Å². The highest BCUT2D eigenvalue weighted by Crippen LogP contribution is 2.46. The molecule has 0 aliphatic heterocycles. The SMILES string of the molecule is Cl[Si](Cl)(Cl)C1=C([Si](Cl)(Cl)Cl)CCC1. The second-order valence-electron chi connectivity index (χ2n) is 2.81. The lowest BCUT2D eigenvalue weighted by atomic mass is 10.4. The summed E-state index contributed by atoms with van der Waals surface area (Å²) in [5.41, 5.74) is 0. The highest BCUT2D eigenvalue weighted by Gasteiger charge is 2.43. The molecule has 0 nitrogen and oxygen atoms in total. The lowest BCUT2D eigenvalue weighted by molar-refractivity contribution is 0.917. The molecule has 0 bridgehead atoms. The first-order valence-electron chi connectivity index (χ1n) is 3.59. The van der Waals surface area contributed by atoms with Gasteiger partial charge >= 0.3 is 12.0 Å². The van der Waals surface area contributed by atoms with Gasteiger partial charge in [0.1, 0.15) is 0 Å². The third-order valence-corrected chi connectivity index (χ3v) is 8.73. The maximum atomic E-state index is 5.90. The van der Waals surface area contributed by atoms with Crippen LogP contribution < -0.4 is 0 Å². The predicted molar refractivity (Wildman–Crippen MR) is 67.5 cm³/mol. The molecule has 76 valence electrons. The van der Waals surface area contributed by atoms with Crippen LogP contribution in [0, 0.1) is 0 Å². The van der Waals surface area contributed by atoms with Crippen LogP contribution in [0.15, 0.2) is 10.4 Å². The summed E-state index contributed by atoms with van der Waals surface area (Å²) in [5.74, 6) is 0. The smallest absolute Gasteiger partial charge is 0.121 e. The average molecular weight is 335 g/mol. The van der Waals surface area contributed by atoms with Gasteiger partial charge in [-0.1, -0.05) is 0 Å². The van der Waals surface area contributed by atoms with E-state index in [1.54, 1.807) is 0 Å². The van der Waals surface area contributed by atoms with Crippen molar-refractivity contribution in [3.63, 3.8) is 0 Å². The lowest BCUT2D eigenvalue weighted by Gasteiger charge is -2.16.